The summed E-state index contributed by atoms with van der Waals surface area (Å²) in [5.74, 6) is -0.221. The van der Waals surface area contributed by atoms with Crippen LogP contribution in [-0.2, 0) is 41.6 Å². The number of benzene rings is 1. The molecule has 2 N–H and O–H groups in total. The molecule has 2 rings (SSSR count). The van der Waals surface area contributed by atoms with E-state index in [2.05, 4.69) is 6.58 Å². The van der Waals surface area contributed by atoms with Crippen LogP contribution in [0.1, 0.15) is 36.8 Å². The van der Waals surface area contributed by atoms with E-state index in [0.29, 0.717) is 37.4 Å². The Labute approximate surface area is 223 Å². The van der Waals surface area contributed by atoms with Gasteiger partial charge in [-0.1, -0.05) is 49.1 Å². The second-order valence-corrected chi connectivity index (χ2v) is 10.2. The average Bonchev–Trinajstić information content (AvgIpc) is 3.14. The number of ketones is 1. The van der Waals surface area contributed by atoms with Crippen molar-refractivity contribution in [3.63, 3.8) is 0 Å². The first kappa shape index (κ1) is 30.8. The Morgan fingerprint density at radius 2 is 2.00 bits per heavy atom. The van der Waals surface area contributed by atoms with Crippen LogP contribution in [0.25, 0.3) is 0 Å². The van der Waals surface area contributed by atoms with Gasteiger partial charge in [0.2, 0.25) is 0 Å². The van der Waals surface area contributed by atoms with Crippen LogP contribution in [-0.4, -0.2) is 72.0 Å². The highest BCUT2D eigenvalue weighted by atomic mass is 32.2. The molecule has 1 saturated carbocycles. The van der Waals surface area contributed by atoms with Crippen LogP contribution in [0.2, 0.25) is 0 Å². The number of rotatable bonds is 17. The van der Waals surface area contributed by atoms with Crippen LogP contribution in [0.4, 0.5) is 0 Å². The van der Waals surface area contributed by atoms with Crippen molar-refractivity contribution in [1.82, 2.24) is 0 Å². The third kappa shape index (κ3) is 11.6. The monoisotopic (exact) mass is 534 g/mol. The summed E-state index contributed by atoms with van der Waals surface area (Å²) in [7, 11) is 1.64. The lowest BCUT2D eigenvalue weighted by molar-refractivity contribution is -0.158. The Kier molecular flexibility index (Phi) is 14.2. The van der Waals surface area contributed by atoms with Crippen LogP contribution in [0.15, 0.2) is 49.1 Å². The third-order valence-electron chi connectivity index (χ3n) is 5.99. The van der Waals surface area contributed by atoms with Crippen LogP contribution in [0.3, 0.4) is 0 Å². The van der Waals surface area contributed by atoms with E-state index in [-0.39, 0.29) is 37.1 Å². The van der Waals surface area contributed by atoms with Gasteiger partial charge in [-0.2, -0.15) is 11.8 Å². The summed E-state index contributed by atoms with van der Waals surface area (Å²) < 4.78 is 14.8. The smallest absolute Gasteiger partial charge is 0.344 e. The predicted molar refractivity (Wildman–Crippen MR) is 142 cm³/mol. The van der Waals surface area contributed by atoms with E-state index in [9.17, 15) is 24.6 Å². The number of hydrogen-bond donors (Lipinski definition) is 2. The zero-order valence-corrected chi connectivity index (χ0v) is 22.2. The van der Waals surface area contributed by atoms with E-state index >= 15 is 0 Å². The molecule has 0 amide bonds. The summed E-state index contributed by atoms with van der Waals surface area (Å²) in [5.41, 5.74) is 2.02. The molecule has 9 heteroatoms. The molecule has 1 fully saturated rings. The van der Waals surface area contributed by atoms with E-state index in [0.717, 1.165) is 11.1 Å². The average molecular weight is 535 g/mol. The fourth-order valence-corrected chi connectivity index (χ4v) is 5.18. The lowest BCUT2D eigenvalue weighted by Crippen LogP contribution is -2.20. The number of esters is 2. The lowest BCUT2D eigenvalue weighted by Gasteiger charge is -2.18. The number of aliphatic hydroxyl groups is 2. The van der Waals surface area contributed by atoms with Gasteiger partial charge in [0.15, 0.2) is 6.61 Å². The zero-order valence-electron chi connectivity index (χ0n) is 21.4. The number of thioether (sulfide) groups is 1. The van der Waals surface area contributed by atoms with E-state index in [1.807, 2.05) is 24.3 Å². The van der Waals surface area contributed by atoms with Crippen molar-refractivity contribution >= 4 is 29.5 Å². The van der Waals surface area contributed by atoms with Crippen molar-refractivity contribution in [1.29, 1.82) is 0 Å². The molecule has 0 unspecified atom stereocenters. The first-order valence-corrected chi connectivity index (χ1v) is 13.6. The number of aliphatic hydroxyl groups excluding tert-OH is 2. The van der Waals surface area contributed by atoms with Crippen molar-refractivity contribution in [3.05, 3.63) is 60.2 Å². The molecule has 37 heavy (non-hydrogen) atoms. The Morgan fingerprint density at radius 3 is 2.76 bits per heavy atom. The second-order valence-electron chi connectivity index (χ2n) is 8.97. The molecule has 0 aromatic heterocycles. The van der Waals surface area contributed by atoms with E-state index in [4.69, 9.17) is 14.2 Å². The van der Waals surface area contributed by atoms with Gasteiger partial charge in [0.05, 0.1) is 18.8 Å². The van der Waals surface area contributed by atoms with E-state index < -0.39 is 30.8 Å². The van der Waals surface area contributed by atoms with Crippen molar-refractivity contribution in [2.24, 2.45) is 11.8 Å². The summed E-state index contributed by atoms with van der Waals surface area (Å²) in [5, 5.41) is 20.9. The van der Waals surface area contributed by atoms with Gasteiger partial charge >= 0.3 is 11.9 Å². The molecule has 4 atom stereocenters. The summed E-state index contributed by atoms with van der Waals surface area (Å²) >= 11 is 1.63. The highest BCUT2D eigenvalue weighted by molar-refractivity contribution is 7.99. The molecular weight excluding hydrogens is 496 g/mol. The van der Waals surface area contributed by atoms with Crippen LogP contribution < -0.4 is 0 Å². The fourth-order valence-electron chi connectivity index (χ4n) is 4.21. The molecule has 204 valence electrons. The van der Waals surface area contributed by atoms with E-state index in [1.165, 1.54) is 6.08 Å². The molecule has 1 aliphatic rings. The Morgan fingerprint density at radius 1 is 1.22 bits per heavy atom. The first-order valence-electron chi connectivity index (χ1n) is 12.5. The molecule has 0 heterocycles. The fraction of sp³-hybridized carbons (Fsp3) is 0.536. The summed E-state index contributed by atoms with van der Waals surface area (Å²) in [4.78, 5) is 35.5. The van der Waals surface area contributed by atoms with Crippen LogP contribution in [0, 0.1) is 11.8 Å². The zero-order chi connectivity index (χ0) is 27.0. The van der Waals surface area contributed by atoms with Crippen molar-refractivity contribution in [3.8, 4) is 0 Å². The Balaban J connectivity index is 1.71. The van der Waals surface area contributed by atoms with Crippen LogP contribution >= 0.6 is 11.8 Å². The largest absolute Gasteiger partial charge is 0.459 e. The molecule has 0 radical (unpaired) electrons. The number of methoxy groups -OCH3 is 1. The van der Waals surface area contributed by atoms with Crippen molar-refractivity contribution < 1.29 is 38.8 Å². The molecule has 1 aromatic rings. The van der Waals surface area contributed by atoms with Gasteiger partial charge in [-0.05, 0) is 35.5 Å². The maximum Gasteiger partial charge on any atom is 0.344 e. The number of ether oxygens (including phenoxy) is 3. The summed E-state index contributed by atoms with van der Waals surface area (Å²) in [6.07, 6.45) is 5.38. The number of carbonyl (C=O) groups is 3. The number of Topliss-reactive ketones (excluding diaryl/α,β-unsaturated/α-hetero) is 1. The minimum absolute atomic E-state index is 0.0384. The standard InChI is InChI=1S/C28H38O8S/c1-3-12-35-28(33)19-36-27(32)8-5-13-37-14-11-24-23(25(30)17-26(24)31)10-9-22(29)16-20-6-4-7-21(15-20)18-34-2/h3-4,6-7,9-10,15,22-25,29-30H,1,5,8,11-14,16-19H2,2H3/t22-,23-,24-,25-/m1/s1. The second kappa shape index (κ2) is 17.1. The SMILES string of the molecule is C=CCOC(=O)COC(=O)CCCSCC[C@H]1C(=O)C[C@@H](O)[C@@H]1C=C[C@@H](O)Cc1cccc(COC)c1. The molecule has 0 spiro atoms. The predicted octanol–water partition coefficient (Wildman–Crippen LogP) is 3.03. The normalized spacial score (nSPS) is 20.2. The van der Waals surface area contributed by atoms with Crippen molar-refractivity contribution in [2.75, 3.05) is 31.8 Å². The molecule has 1 aromatic carbocycles. The van der Waals surface area contributed by atoms with Gasteiger partial charge < -0.3 is 24.4 Å². The maximum atomic E-state index is 12.4. The van der Waals surface area contributed by atoms with Gasteiger partial charge in [0, 0.05) is 38.2 Å². The van der Waals surface area contributed by atoms with Crippen LogP contribution in [0.5, 0.6) is 0 Å². The Bertz CT molecular complexity index is 915. The van der Waals surface area contributed by atoms with E-state index in [1.54, 1.807) is 31.0 Å². The summed E-state index contributed by atoms with van der Waals surface area (Å²) in [6, 6.07) is 7.83. The first-order chi connectivity index (χ1) is 17.8. The van der Waals surface area contributed by atoms with Crippen molar-refractivity contribution in [2.45, 2.75) is 50.9 Å². The van der Waals surface area contributed by atoms with Gasteiger partial charge in [-0.15, -0.1) is 0 Å². The minimum atomic E-state index is -0.746. The lowest BCUT2D eigenvalue weighted by atomic mass is 9.91. The van der Waals surface area contributed by atoms with Gasteiger partial charge in [-0.3, -0.25) is 9.59 Å². The highest BCUT2D eigenvalue weighted by Crippen LogP contribution is 2.34. The van der Waals surface area contributed by atoms with Gasteiger partial charge in [0.1, 0.15) is 12.4 Å². The molecule has 0 aliphatic heterocycles. The number of hydrogen-bond acceptors (Lipinski definition) is 9. The molecule has 0 bridgehead atoms. The molecular formula is C28H38O8S. The topological polar surface area (TPSA) is 119 Å². The minimum Gasteiger partial charge on any atom is -0.459 e. The molecule has 8 nitrogen and oxygen atoms in total. The quantitative estimate of drug-likeness (QED) is 0.177. The van der Waals surface area contributed by atoms with Gasteiger partial charge in [0.25, 0.3) is 0 Å². The highest BCUT2D eigenvalue weighted by Gasteiger charge is 2.39. The summed E-state index contributed by atoms with van der Waals surface area (Å²) in [6.45, 7) is 3.61. The number of carbonyl (C=O) groups excluding carboxylic acids is 3. The van der Waals surface area contributed by atoms with Gasteiger partial charge in [-0.25, -0.2) is 4.79 Å². The molecule has 0 saturated heterocycles. The molecule has 1 aliphatic carbocycles. The third-order valence-corrected chi connectivity index (χ3v) is 7.09. The maximum absolute atomic E-state index is 12.4. The Hall–Kier alpha value is -2.46.